The molecule has 1 aromatic carbocycles. The Bertz CT molecular complexity index is 857. The van der Waals surface area contributed by atoms with Crippen molar-refractivity contribution in [3.8, 4) is 0 Å². The first-order valence-corrected chi connectivity index (χ1v) is 8.10. The fourth-order valence-electron chi connectivity index (χ4n) is 1.82. The van der Waals surface area contributed by atoms with Gasteiger partial charge in [-0.25, -0.2) is 8.42 Å². The van der Waals surface area contributed by atoms with Gasteiger partial charge in [-0.3, -0.25) is 9.48 Å². The third-order valence-corrected chi connectivity index (χ3v) is 4.03. The number of carbonyl (C=O) groups is 1. The van der Waals surface area contributed by atoms with Crippen LogP contribution in [0.4, 0.5) is 18.9 Å². The van der Waals surface area contributed by atoms with Crippen molar-refractivity contribution in [1.29, 1.82) is 0 Å². The van der Waals surface area contributed by atoms with Crippen LogP contribution in [0.1, 0.15) is 16.2 Å². The quantitative estimate of drug-likeness (QED) is 0.922. The fourth-order valence-corrected chi connectivity index (χ4v) is 2.48. The Hall–Kier alpha value is -2.36. The standard InChI is InChI=1S/C13H12F3N3O3S/c1-19-10(7-11(18-19)13(14,15)16)12(20)17-8-4-3-5-9(6-8)23(2,21)22/h3-7H,1-2H3,(H,17,20). The number of rotatable bonds is 3. The van der Waals surface area contributed by atoms with E-state index in [-0.39, 0.29) is 16.3 Å². The van der Waals surface area contributed by atoms with Crippen molar-refractivity contribution < 1.29 is 26.4 Å². The number of amides is 1. The van der Waals surface area contributed by atoms with Crippen molar-refractivity contribution in [2.24, 2.45) is 7.05 Å². The van der Waals surface area contributed by atoms with Crippen LogP contribution < -0.4 is 5.32 Å². The van der Waals surface area contributed by atoms with E-state index in [1.165, 1.54) is 31.3 Å². The van der Waals surface area contributed by atoms with Gasteiger partial charge in [0.1, 0.15) is 5.69 Å². The van der Waals surface area contributed by atoms with Crippen LogP contribution in [0.25, 0.3) is 0 Å². The highest BCUT2D eigenvalue weighted by molar-refractivity contribution is 7.90. The number of aryl methyl sites for hydroxylation is 1. The zero-order valence-corrected chi connectivity index (χ0v) is 12.9. The molecule has 0 radical (unpaired) electrons. The molecule has 0 saturated carbocycles. The molecule has 0 bridgehead atoms. The van der Waals surface area contributed by atoms with Gasteiger partial charge in [-0.1, -0.05) is 6.07 Å². The summed E-state index contributed by atoms with van der Waals surface area (Å²) in [5.41, 5.74) is -1.34. The molecular formula is C13H12F3N3O3S. The Morgan fingerprint density at radius 1 is 1.26 bits per heavy atom. The maximum absolute atomic E-state index is 12.6. The van der Waals surface area contributed by atoms with E-state index in [9.17, 15) is 26.4 Å². The van der Waals surface area contributed by atoms with Crippen molar-refractivity contribution in [3.05, 3.63) is 41.7 Å². The Morgan fingerprint density at radius 2 is 1.91 bits per heavy atom. The molecule has 0 aliphatic heterocycles. The lowest BCUT2D eigenvalue weighted by Crippen LogP contribution is -2.16. The zero-order valence-electron chi connectivity index (χ0n) is 12.0. The van der Waals surface area contributed by atoms with E-state index in [2.05, 4.69) is 10.4 Å². The van der Waals surface area contributed by atoms with Crippen molar-refractivity contribution in [2.45, 2.75) is 11.1 Å². The number of hydrogen-bond donors (Lipinski definition) is 1. The predicted molar refractivity (Wildman–Crippen MR) is 75.7 cm³/mol. The Labute approximate surface area is 129 Å². The summed E-state index contributed by atoms with van der Waals surface area (Å²) >= 11 is 0. The van der Waals surface area contributed by atoms with Gasteiger partial charge in [0.05, 0.1) is 4.90 Å². The fraction of sp³-hybridized carbons (Fsp3) is 0.231. The minimum atomic E-state index is -4.66. The van der Waals surface area contributed by atoms with Gasteiger partial charge >= 0.3 is 6.18 Å². The van der Waals surface area contributed by atoms with E-state index in [1.807, 2.05) is 0 Å². The summed E-state index contributed by atoms with van der Waals surface area (Å²) in [7, 11) is -2.26. The summed E-state index contributed by atoms with van der Waals surface area (Å²) in [5, 5.41) is 5.58. The molecule has 0 atom stereocenters. The van der Waals surface area contributed by atoms with Gasteiger partial charge in [-0.05, 0) is 18.2 Å². The lowest BCUT2D eigenvalue weighted by atomic mass is 10.3. The van der Waals surface area contributed by atoms with Gasteiger partial charge in [-0.2, -0.15) is 18.3 Å². The molecule has 2 aromatic rings. The van der Waals surface area contributed by atoms with Gasteiger partial charge < -0.3 is 5.32 Å². The number of nitrogens with zero attached hydrogens (tertiary/aromatic N) is 2. The SMILES string of the molecule is Cn1nc(C(F)(F)F)cc1C(=O)Nc1cccc(S(C)(=O)=O)c1. The minimum absolute atomic E-state index is 0.0173. The summed E-state index contributed by atoms with van der Waals surface area (Å²) in [6.07, 6.45) is -3.66. The molecule has 0 spiro atoms. The van der Waals surface area contributed by atoms with Crippen molar-refractivity contribution in [3.63, 3.8) is 0 Å². The van der Waals surface area contributed by atoms with E-state index in [1.54, 1.807) is 0 Å². The molecule has 124 valence electrons. The Balaban J connectivity index is 2.28. The number of halogens is 3. The van der Waals surface area contributed by atoms with Crippen molar-refractivity contribution in [2.75, 3.05) is 11.6 Å². The molecule has 0 unspecified atom stereocenters. The first-order valence-electron chi connectivity index (χ1n) is 6.21. The van der Waals surface area contributed by atoms with Gasteiger partial charge in [-0.15, -0.1) is 0 Å². The third-order valence-electron chi connectivity index (χ3n) is 2.92. The molecule has 0 aliphatic carbocycles. The molecule has 1 amide bonds. The molecule has 6 nitrogen and oxygen atoms in total. The Morgan fingerprint density at radius 3 is 2.43 bits per heavy atom. The van der Waals surface area contributed by atoms with Crippen molar-refractivity contribution >= 4 is 21.4 Å². The number of aromatic nitrogens is 2. The highest BCUT2D eigenvalue weighted by Gasteiger charge is 2.35. The van der Waals surface area contributed by atoms with E-state index >= 15 is 0 Å². The summed E-state index contributed by atoms with van der Waals surface area (Å²) in [6.45, 7) is 0. The summed E-state index contributed by atoms with van der Waals surface area (Å²) in [5.74, 6) is -0.832. The minimum Gasteiger partial charge on any atom is -0.321 e. The molecule has 0 aliphatic rings. The second kappa shape index (κ2) is 5.69. The number of carbonyl (C=O) groups excluding carboxylic acids is 1. The van der Waals surface area contributed by atoms with Crippen molar-refractivity contribution in [1.82, 2.24) is 9.78 Å². The normalized spacial score (nSPS) is 12.2. The van der Waals surface area contributed by atoms with Crippen LogP contribution in [-0.2, 0) is 23.1 Å². The van der Waals surface area contributed by atoms with Crippen LogP contribution in [0, 0.1) is 0 Å². The molecule has 1 heterocycles. The van der Waals surface area contributed by atoms with Crippen LogP contribution >= 0.6 is 0 Å². The molecule has 0 fully saturated rings. The highest BCUT2D eigenvalue weighted by Crippen LogP contribution is 2.28. The van der Waals surface area contributed by atoms with Gasteiger partial charge in [0, 0.05) is 25.1 Å². The summed E-state index contributed by atoms with van der Waals surface area (Å²) in [4.78, 5) is 12.0. The average Bonchev–Trinajstić information content (AvgIpc) is 2.80. The molecule has 1 N–H and O–H groups in total. The number of nitrogens with one attached hydrogen (secondary N) is 1. The van der Waals surface area contributed by atoms with E-state index in [4.69, 9.17) is 0 Å². The maximum atomic E-state index is 12.6. The van der Waals surface area contributed by atoms with E-state index in [0.717, 1.165) is 10.9 Å². The second-order valence-electron chi connectivity index (χ2n) is 4.79. The number of hydrogen-bond acceptors (Lipinski definition) is 4. The molecular weight excluding hydrogens is 335 g/mol. The van der Waals surface area contributed by atoms with Crippen LogP contribution in [0.2, 0.25) is 0 Å². The summed E-state index contributed by atoms with van der Waals surface area (Å²) in [6, 6.07) is 6.02. The summed E-state index contributed by atoms with van der Waals surface area (Å²) < 4.78 is 61.5. The number of sulfone groups is 1. The van der Waals surface area contributed by atoms with Crippen LogP contribution in [0.3, 0.4) is 0 Å². The lowest BCUT2D eigenvalue weighted by Gasteiger charge is -2.06. The van der Waals surface area contributed by atoms with Gasteiger partial charge in [0.15, 0.2) is 15.5 Å². The molecule has 10 heteroatoms. The average molecular weight is 347 g/mol. The lowest BCUT2D eigenvalue weighted by molar-refractivity contribution is -0.141. The second-order valence-corrected chi connectivity index (χ2v) is 6.81. The number of anilines is 1. The topological polar surface area (TPSA) is 81.1 Å². The maximum Gasteiger partial charge on any atom is 0.435 e. The van der Waals surface area contributed by atoms with Gasteiger partial charge in [0.25, 0.3) is 5.91 Å². The van der Waals surface area contributed by atoms with Gasteiger partial charge in [0.2, 0.25) is 0 Å². The molecule has 0 saturated heterocycles. The van der Waals surface area contributed by atoms with Crippen LogP contribution in [-0.4, -0.2) is 30.4 Å². The highest BCUT2D eigenvalue weighted by atomic mass is 32.2. The Kier molecular flexibility index (Phi) is 4.20. The zero-order chi connectivity index (χ0) is 17.4. The largest absolute Gasteiger partial charge is 0.435 e. The number of benzene rings is 1. The first kappa shape index (κ1) is 17.0. The number of alkyl halides is 3. The van der Waals surface area contributed by atoms with E-state index in [0.29, 0.717) is 6.07 Å². The van der Waals surface area contributed by atoms with E-state index < -0.39 is 27.6 Å². The third kappa shape index (κ3) is 3.89. The molecule has 1 aromatic heterocycles. The molecule has 23 heavy (non-hydrogen) atoms. The molecule has 2 rings (SSSR count). The van der Waals surface area contributed by atoms with Crippen LogP contribution in [0.15, 0.2) is 35.2 Å². The smallest absolute Gasteiger partial charge is 0.321 e. The predicted octanol–water partition coefficient (Wildman–Crippen LogP) is 2.09. The first-order chi connectivity index (χ1) is 10.5. The van der Waals surface area contributed by atoms with Crippen LogP contribution in [0.5, 0.6) is 0 Å². The monoisotopic (exact) mass is 347 g/mol.